The third kappa shape index (κ3) is 11.9. The molecule has 14 nitrogen and oxygen atoms in total. The molecular weight excluding hydrogens is 685 g/mol. The number of carbonyl (C=O) groups excluding carboxylic acids is 6. The SMILES string of the molecule is CC(C)C[C@H]1NC(=O)[C@H](Cc2ccncc2)NC(=O)[C@@H](C(C)C)NC(=O)[C@@H]2CSC(N2)[C@H](C(C)C)NC(=O)[C@@H](C(C)C)NC(=O)[C@H](C(C)C)NC1=O. The molecule has 2 aliphatic rings. The highest BCUT2D eigenvalue weighted by atomic mass is 32.2. The quantitative estimate of drug-likeness (QED) is 0.205. The predicted molar refractivity (Wildman–Crippen MR) is 202 cm³/mol. The molecule has 8 atom stereocenters. The molecule has 0 spiro atoms. The minimum absolute atomic E-state index is 0.0179. The molecule has 0 aromatic carbocycles. The van der Waals surface area contributed by atoms with E-state index < -0.39 is 65.9 Å². The Hall–Kier alpha value is -3.72. The van der Waals surface area contributed by atoms with E-state index in [1.54, 1.807) is 38.4 Å². The van der Waals surface area contributed by atoms with E-state index in [1.165, 1.54) is 11.8 Å². The van der Waals surface area contributed by atoms with E-state index in [1.807, 2.05) is 55.4 Å². The van der Waals surface area contributed by atoms with Gasteiger partial charge in [0.1, 0.15) is 30.2 Å². The second-order valence-corrected chi connectivity index (χ2v) is 16.9. The number of amides is 6. The van der Waals surface area contributed by atoms with Crippen LogP contribution in [0.3, 0.4) is 0 Å². The molecule has 15 heteroatoms. The van der Waals surface area contributed by atoms with Crippen LogP contribution in [0.25, 0.3) is 0 Å². The third-order valence-electron chi connectivity index (χ3n) is 9.38. The van der Waals surface area contributed by atoms with Gasteiger partial charge in [-0.2, -0.15) is 0 Å². The maximum absolute atomic E-state index is 14.0. The van der Waals surface area contributed by atoms with Gasteiger partial charge in [-0.3, -0.25) is 39.1 Å². The monoisotopic (exact) mass is 744 g/mol. The number of carbonyl (C=O) groups is 6. The van der Waals surface area contributed by atoms with Gasteiger partial charge in [-0.05, 0) is 53.7 Å². The number of rotatable bonds is 8. The zero-order chi connectivity index (χ0) is 38.9. The molecule has 1 unspecified atom stereocenters. The standard InChI is InChI=1S/C37H60N8O6S/c1-18(2)15-24-32(47)42-28(20(5)6)35(50)44-29(21(7)8)36(51)45-30(22(9)10)37-41-26(17-52-37)33(48)43-27(19(3)4)34(49)40-25(31(46)39-24)16-23-11-13-38-14-12-23/h11-14,18-22,24-30,37,41H,15-17H2,1-10H3,(H,39,46)(H,40,49)(H,42,47)(H,43,48)(H,44,50)(H,45,51)/t24-,25+,26+,27-,28+,29-,30+,37?/m1/s1. The average Bonchev–Trinajstić information content (AvgIpc) is 3.55. The highest BCUT2D eigenvalue weighted by Crippen LogP contribution is 2.26. The van der Waals surface area contributed by atoms with Crippen LogP contribution >= 0.6 is 11.8 Å². The van der Waals surface area contributed by atoms with Crippen LogP contribution in [0.2, 0.25) is 0 Å². The number of nitrogens with one attached hydrogen (secondary N) is 7. The maximum Gasteiger partial charge on any atom is 0.243 e. The van der Waals surface area contributed by atoms with Crippen LogP contribution in [-0.4, -0.2) is 93.8 Å². The lowest BCUT2D eigenvalue weighted by Crippen LogP contribution is -2.61. The van der Waals surface area contributed by atoms with Crippen LogP contribution < -0.4 is 37.2 Å². The van der Waals surface area contributed by atoms with Gasteiger partial charge in [-0.1, -0.05) is 69.2 Å². The molecule has 1 aromatic heterocycles. The van der Waals surface area contributed by atoms with Gasteiger partial charge in [0.25, 0.3) is 0 Å². The Morgan fingerprint density at radius 3 is 1.58 bits per heavy atom. The summed E-state index contributed by atoms with van der Waals surface area (Å²) in [6, 6.07) is -2.59. The first-order chi connectivity index (χ1) is 24.4. The van der Waals surface area contributed by atoms with Crippen molar-refractivity contribution < 1.29 is 28.8 Å². The van der Waals surface area contributed by atoms with Crippen molar-refractivity contribution in [3.8, 4) is 0 Å². The zero-order valence-corrected chi connectivity index (χ0v) is 33.1. The summed E-state index contributed by atoms with van der Waals surface area (Å²) in [4.78, 5) is 87.2. The molecule has 0 aliphatic carbocycles. The smallest absolute Gasteiger partial charge is 0.243 e. The van der Waals surface area contributed by atoms with Crippen LogP contribution in [0.15, 0.2) is 24.5 Å². The van der Waals surface area contributed by atoms with E-state index in [9.17, 15) is 28.8 Å². The minimum atomic E-state index is -1.10. The van der Waals surface area contributed by atoms with Gasteiger partial charge in [-0.15, -0.1) is 11.8 Å². The van der Waals surface area contributed by atoms with Gasteiger partial charge in [0.2, 0.25) is 35.4 Å². The van der Waals surface area contributed by atoms with Gasteiger partial charge in [0.05, 0.1) is 17.5 Å². The van der Waals surface area contributed by atoms with Crippen molar-refractivity contribution in [3.63, 3.8) is 0 Å². The van der Waals surface area contributed by atoms with Crippen LogP contribution in [0.4, 0.5) is 0 Å². The lowest BCUT2D eigenvalue weighted by molar-refractivity contribution is -0.136. The summed E-state index contributed by atoms with van der Waals surface area (Å²) < 4.78 is 0. The third-order valence-corrected chi connectivity index (χ3v) is 10.7. The number of aromatic nitrogens is 1. The van der Waals surface area contributed by atoms with E-state index in [4.69, 9.17) is 0 Å². The molecule has 3 heterocycles. The zero-order valence-electron chi connectivity index (χ0n) is 32.2. The van der Waals surface area contributed by atoms with Crippen molar-refractivity contribution in [3.05, 3.63) is 30.1 Å². The van der Waals surface area contributed by atoms with Gasteiger partial charge >= 0.3 is 0 Å². The Kier molecular flexibility index (Phi) is 15.9. The lowest BCUT2D eigenvalue weighted by Gasteiger charge is -2.32. The predicted octanol–water partition coefficient (Wildman–Crippen LogP) is 1.25. The Morgan fingerprint density at radius 2 is 1.06 bits per heavy atom. The Labute approximate surface area is 312 Å². The maximum atomic E-state index is 14.0. The number of fused-ring (bicyclic) bond motifs is 2. The largest absolute Gasteiger partial charge is 0.349 e. The van der Waals surface area contributed by atoms with Crippen molar-refractivity contribution in [2.45, 2.75) is 130 Å². The fourth-order valence-electron chi connectivity index (χ4n) is 6.26. The van der Waals surface area contributed by atoms with Crippen LogP contribution in [0.1, 0.15) is 81.2 Å². The molecule has 0 radical (unpaired) electrons. The van der Waals surface area contributed by atoms with Gasteiger partial charge in [0, 0.05) is 24.6 Å². The van der Waals surface area contributed by atoms with Crippen molar-refractivity contribution >= 4 is 47.2 Å². The molecule has 1 aromatic rings. The molecule has 290 valence electrons. The number of hydrogen-bond acceptors (Lipinski definition) is 9. The Bertz CT molecular complexity index is 1410. The summed E-state index contributed by atoms with van der Waals surface area (Å²) in [5.74, 6) is -3.57. The van der Waals surface area contributed by atoms with Gasteiger partial charge < -0.3 is 31.9 Å². The van der Waals surface area contributed by atoms with Gasteiger partial charge in [-0.25, -0.2) is 0 Å². The van der Waals surface area contributed by atoms with Gasteiger partial charge in [0.15, 0.2) is 0 Å². The van der Waals surface area contributed by atoms with Crippen LogP contribution in [-0.2, 0) is 35.2 Å². The summed E-state index contributed by atoms with van der Waals surface area (Å²) in [6.45, 7) is 18.6. The second-order valence-electron chi connectivity index (χ2n) is 15.8. The number of pyridine rings is 1. The van der Waals surface area contributed by atoms with Crippen LogP contribution in [0.5, 0.6) is 0 Å². The number of thioether (sulfide) groups is 1. The first-order valence-electron chi connectivity index (χ1n) is 18.5. The normalized spacial score (nSPS) is 29.0. The van der Waals surface area contributed by atoms with E-state index in [0.717, 1.165) is 5.56 Å². The highest BCUT2D eigenvalue weighted by molar-refractivity contribution is 8.00. The molecule has 2 fully saturated rings. The summed E-state index contributed by atoms with van der Waals surface area (Å²) >= 11 is 1.50. The van der Waals surface area contributed by atoms with E-state index in [2.05, 4.69) is 42.2 Å². The first-order valence-corrected chi connectivity index (χ1v) is 19.5. The highest BCUT2D eigenvalue weighted by Gasteiger charge is 2.40. The van der Waals surface area contributed by atoms with E-state index >= 15 is 0 Å². The lowest BCUT2D eigenvalue weighted by atomic mass is 9.97. The summed E-state index contributed by atoms with van der Waals surface area (Å²) in [6.07, 6.45) is 3.53. The fraction of sp³-hybridized carbons (Fsp3) is 0.703. The number of nitrogens with zero attached hydrogens (tertiary/aromatic N) is 1. The van der Waals surface area contributed by atoms with Crippen molar-refractivity contribution in [1.82, 2.24) is 42.2 Å². The van der Waals surface area contributed by atoms with E-state index in [0.29, 0.717) is 5.75 Å². The van der Waals surface area contributed by atoms with Crippen LogP contribution in [0, 0.1) is 29.6 Å². The molecule has 6 amide bonds. The molecule has 7 N–H and O–H groups in total. The molecule has 2 saturated heterocycles. The topological polar surface area (TPSA) is 200 Å². The Morgan fingerprint density at radius 1 is 0.596 bits per heavy atom. The molecule has 0 saturated carbocycles. The molecular formula is C37H60N8O6S. The Balaban J connectivity index is 2.07. The second kappa shape index (κ2) is 19.4. The molecule has 52 heavy (non-hydrogen) atoms. The summed E-state index contributed by atoms with van der Waals surface area (Å²) in [5, 5.41) is 20.4. The fourth-order valence-corrected chi connectivity index (χ4v) is 7.75. The van der Waals surface area contributed by atoms with Crippen molar-refractivity contribution in [1.29, 1.82) is 0 Å². The number of hydrogen-bond donors (Lipinski definition) is 7. The average molecular weight is 745 g/mol. The molecule has 2 aliphatic heterocycles. The first kappa shape index (κ1) is 42.7. The summed E-state index contributed by atoms with van der Waals surface area (Å²) in [5.41, 5.74) is 0.730. The molecule has 2 bridgehead atoms. The summed E-state index contributed by atoms with van der Waals surface area (Å²) in [7, 11) is 0. The minimum Gasteiger partial charge on any atom is -0.349 e. The van der Waals surface area contributed by atoms with Crippen molar-refractivity contribution in [2.24, 2.45) is 29.6 Å². The van der Waals surface area contributed by atoms with E-state index in [-0.39, 0.29) is 59.6 Å². The molecule has 3 rings (SSSR count). The van der Waals surface area contributed by atoms with Crippen molar-refractivity contribution in [2.75, 3.05) is 5.75 Å².